The van der Waals surface area contributed by atoms with Crippen LogP contribution in [0.4, 0.5) is 0 Å². The van der Waals surface area contributed by atoms with Crippen LogP contribution in [0, 0.1) is 0 Å². The van der Waals surface area contributed by atoms with Crippen molar-refractivity contribution in [2.24, 2.45) is 0 Å². The molecule has 0 radical (unpaired) electrons. The van der Waals surface area contributed by atoms with Gasteiger partial charge < -0.3 is 14.7 Å². The van der Waals surface area contributed by atoms with Gasteiger partial charge in [0.15, 0.2) is 0 Å². The SMILES string of the molecule is CC1CN(Cc2ccc(C(=O)N3CCC(O)CC3)cc2)CC(C)O1. The Bertz CT molecular complexity index is 542. The molecule has 0 aliphatic carbocycles. The van der Waals surface area contributed by atoms with Crippen molar-refractivity contribution in [2.75, 3.05) is 26.2 Å². The first-order chi connectivity index (χ1) is 11.5. The molecular weight excluding hydrogens is 304 g/mol. The molecule has 1 N–H and O–H groups in total. The number of piperidine rings is 1. The number of likely N-dealkylation sites (tertiary alicyclic amines) is 1. The second-order valence-corrected chi connectivity index (χ2v) is 7.17. The molecule has 5 nitrogen and oxygen atoms in total. The van der Waals surface area contributed by atoms with Crippen molar-refractivity contribution in [1.82, 2.24) is 9.80 Å². The molecule has 2 fully saturated rings. The fraction of sp³-hybridized carbons (Fsp3) is 0.632. The van der Waals surface area contributed by atoms with Crippen molar-refractivity contribution >= 4 is 5.91 Å². The Morgan fingerprint density at radius 1 is 1.12 bits per heavy atom. The van der Waals surface area contributed by atoms with Crippen LogP contribution in [0.25, 0.3) is 0 Å². The smallest absolute Gasteiger partial charge is 0.253 e. The zero-order valence-electron chi connectivity index (χ0n) is 14.6. The lowest BCUT2D eigenvalue weighted by molar-refractivity contribution is -0.0704. The summed E-state index contributed by atoms with van der Waals surface area (Å²) in [6.07, 6.45) is 1.64. The monoisotopic (exact) mass is 332 g/mol. The zero-order valence-corrected chi connectivity index (χ0v) is 14.6. The average molecular weight is 332 g/mol. The Labute approximate surface area is 144 Å². The van der Waals surface area contributed by atoms with Crippen LogP contribution in [-0.2, 0) is 11.3 Å². The molecule has 3 rings (SSSR count). The van der Waals surface area contributed by atoms with E-state index in [1.807, 2.05) is 17.0 Å². The summed E-state index contributed by atoms with van der Waals surface area (Å²) >= 11 is 0. The molecule has 2 heterocycles. The third-order valence-electron chi connectivity index (χ3n) is 4.85. The summed E-state index contributed by atoms with van der Waals surface area (Å²) in [6, 6.07) is 7.96. The van der Waals surface area contributed by atoms with Gasteiger partial charge in [-0.1, -0.05) is 12.1 Å². The van der Waals surface area contributed by atoms with E-state index in [4.69, 9.17) is 4.74 Å². The highest BCUT2D eigenvalue weighted by Gasteiger charge is 2.23. The van der Waals surface area contributed by atoms with Crippen LogP contribution < -0.4 is 0 Å². The first-order valence-corrected chi connectivity index (χ1v) is 8.95. The first kappa shape index (κ1) is 17.4. The largest absolute Gasteiger partial charge is 0.393 e. The fourth-order valence-corrected chi connectivity index (χ4v) is 3.68. The summed E-state index contributed by atoms with van der Waals surface area (Å²) in [5.41, 5.74) is 1.96. The maximum absolute atomic E-state index is 12.5. The van der Waals surface area contributed by atoms with Gasteiger partial charge in [0.1, 0.15) is 0 Å². The third-order valence-corrected chi connectivity index (χ3v) is 4.85. The number of rotatable bonds is 3. The molecule has 2 aliphatic heterocycles. The fourth-order valence-electron chi connectivity index (χ4n) is 3.68. The van der Waals surface area contributed by atoms with Crippen LogP contribution in [-0.4, -0.2) is 65.3 Å². The molecule has 2 unspecified atom stereocenters. The second kappa shape index (κ2) is 7.64. The van der Waals surface area contributed by atoms with Crippen molar-refractivity contribution in [3.63, 3.8) is 0 Å². The lowest BCUT2D eigenvalue weighted by atomic mass is 10.1. The molecule has 0 spiro atoms. The highest BCUT2D eigenvalue weighted by Crippen LogP contribution is 2.17. The topological polar surface area (TPSA) is 53.0 Å². The molecule has 2 saturated heterocycles. The predicted octanol–water partition coefficient (Wildman–Crippen LogP) is 1.89. The van der Waals surface area contributed by atoms with Crippen LogP contribution in [0.1, 0.15) is 42.6 Å². The number of morpholine rings is 1. The molecule has 132 valence electrons. The Balaban J connectivity index is 1.58. The lowest BCUT2D eigenvalue weighted by Crippen LogP contribution is -2.44. The predicted molar refractivity (Wildman–Crippen MR) is 92.9 cm³/mol. The van der Waals surface area contributed by atoms with Gasteiger partial charge in [-0.2, -0.15) is 0 Å². The van der Waals surface area contributed by atoms with E-state index in [1.165, 1.54) is 5.56 Å². The summed E-state index contributed by atoms with van der Waals surface area (Å²) < 4.78 is 5.77. The minimum atomic E-state index is -0.255. The zero-order chi connectivity index (χ0) is 17.1. The van der Waals surface area contributed by atoms with E-state index in [9.17, 15) is 9.90 Å². The molecule has 0 saturated carbocycles. The van der Waals surface area contributed by atoms with E-state index >= 15 is 0 Å². The van der Waals surface area contributed by atoms with Gasteiger partial charge in [0.25, 0.3) is 5.91 Å². The number of benzene rings is 1. The van der Waals surface area contributed by atoms with Crippen LogP contribution in [0.2, 0.25) is 0 Å². The number of aliphatic hydroxyl groups excluding tert-OH is 1. The molecule has 1 amide bonds. The van der Waals surface area contributed by atoms with Gasteiger partial charge in [0.2, 0.25) is 0 Å². The number of hydrogen-bond acceptors (Lipinski definition) is 4. The van der Waals surface area contributed by atoms with Crippen LogP contribution in [0.5, 0.6) is 0 Å². The van der Waals surface area contributed by atoms with Gasteiger partial charge in [-0.25, -0.2) is 0 Å². The van der Waals surface area contributed by atoms with Crippen LogP contribution in [0.15, 0.2) is 24.3 Å². The molecule has 2 atom stereocenters. The molecule has 1 aromatic carbocycles. The van der Waals surface area contributed by atoms with Crippen LogP contribution in [0.3, 0.4) is 0 Å². The number of carbonyl (C=O) groups excluding carboxylic acids is 1. The van der Waals surface area contributed by atoms with Crippen molar-refractivity contribution in [1.29, 1.82) is 0 Å². The Hall–Kier alpha value is -1.43. The van der Waals surface area contributed by atoms with E-state index in [-0.39, 0.29) is 24.2 Å². The minimum Gasteiger partial charge on any atom is -0.393 e. The highest BCUT2D eigenvalue weighted by atomic mass is 16.5. The summed E-state index contributed by atoms with van der Waals surface area (Å²) in [5.74, 6) is 0.0714. The number of nitrogens with zero attached hydrogens (tertiary/aromatic N) is 2. The van der Waals surface area contributed by atoms with Crippen molar-refractivity contribution in [3.8, 4) is 0 Å². The van der Waals surface area contributed by atoms with E-state index in [1.54, 1.807) is 0 Å². The Morgan fingerprint density at radius 3 is 2.29 bits per heavy atom. The standard InChI is InChI=1S/C19H28N2O3/c1-14-11-20(12-15(2)24-14)13-16-3-5-17(6-4-16)19(23)21-9-7-18(22)8-10-21/h3-6,14-15,18,22H,7-13H2,1-2H3. The van der Waals surface area contributed by atoms with Gasteiger partial charge in [0, 0.05) is 38.3 Å². The molecule has 2 aliphatic rings. The number of hydrogen-bond donors (Lipinski definition) is 1. The second-order valence-electron chi connectivity index (χ2n) is 7.17. The Morgan fingerprint density at radius 2 is 1.71 bits per heavy atom. The molecule has 24 heavy (non-hydrogen) atoms. The number of ether oxygens (including phenoxy) is 1. The van der Waals surface area contributed by atoms with Crippen molar-refractivity contribution in [3.05, 3.63) is 35.4 Å². The Kier molecular flexibility index (Phi) is 5.54. The number of carbonyl (C=O) groups is 1. The van der Waals surface area contributed by atoms with E-state index in [0.29, 0.717) is 25.9 Å². The van der Waals surface area contributed by atoms with Gasteiger partial charge in [0.05, 0.1) is 18.3 Å². The van der Waals surface area contributed by atoms with E-state index in [2.05, 4.69) is 30.9 Å². The van der Waals surface area contributed by atoms with Crippen LogP contribution >= 0.6 is 0 Å². The van der Waals surface area contributed by atoms with Gasteiger partial charge in [-0.05, 0) is 44.4 Å². The number of amides is 1. The molecule has 5 heteroatoms. The first-order valence-electron chi connectivity index (χ1n) is 8.95. The maximum Gasteiger partial charge on any atom is 0.253 e. The molecular formula is C19H28N2O3. The molecule has 0 aromatic heterocycles. The van der Waals surface area contributed by atoms with Crippen molar-refractivity contribution in [2.45, 2.75) is 51.5 Å². The molecule has 0 bridgehead atoms. The summed E-state index contributed by atoms with van der Waals surface area (Å²) in [5, 5.41) is 9.56. The molecule has 1 aromatic rings. The maximum atomic E-state index is 12.5. The van der Waals surface area contributed by atoms with Gasteiger partial charge in [-0.15, -0.1) is 0 Å². The minimum absolute atomic E-state index is 0.0714. The third kappa shape index (κ3) is 4.35. The quantitative estimate of drug-likeness (QED) is 0.918. The number of aliphatic hydroxyl groups is 1. The van der Waals surface area contributed by atoms with Gasteiger partial charge in [-0.3, -0.25) is 9.69 Å². The average Bonchev–Trinajstić information content (AvgIpc) is 2.55. The van der Waals surface area contributed by atoms with E-state index in [0.717, 1.165) is 25.2 Å². The van der Waals surface area contributed by atoms with E-state index < -0.39 is 0 Å². The highest BCUT2D eigenvalue weighted by molar-refractivity contribution is 5.94. The normalized spacial score (nSPS) is 26.5. The summed E-state index contributed by atoms with van der Waals surface area (Å²) in [7, 11) is 0. The van der Waals surface area contributed by atoms with Crippen molar-refractivity contribution < 1.29 is 14.6 Å². The van der Waals surface area contributed by atoms with Gasteiger partial charge >= 0.3 is 0 Å². The lowest BCUT2D eigenvalue weighted by Gasteiger charge is -2.35. The summed E-state index contributed by atoms with van der Waals surface area (Å²) in [6.45, 7) is 8.29. The summed E-state index contributed by atoms with van der Waals surface area (Å²) in [4.78, 5) is 16.8.